The summed E-state index contributed by atoms with van der Waals surface area (Å²) in [5, 5.41) is 17.5. The van der Waals surface area contributed by atoms with E-state index in [0.29, 0.717) is 11.3 Å². The van der Waals surface area contributed by atoms with E-state index in [2.05, 4.69) is 15.2 Å². The van der Waals surface area contributed by atoms with Crippen molar-refractivity contribution in [2.75, 3.05) is 0 Å². The maximum atomic E-state index is 11.5. The standard InChI is InChI=1S/C14H12N4O2/c1-8-9(2)16-17-13(12(8)14(19)20)18-7-15-10-5-3-4-6-11(10)18/h3-7H,1-2H3,(H,19,20). The van der Waals surface area contributed by atoms with Gasteiger partial charge in [0.25, 0.3) is 0 Å². The fourth-order valence-electron chi connectivity index (χ4n) is 2.15. The van der Waals surface area contributed by atoms with E-state index in [1.807, 2.05) is 24.3 Å². The predicted octanol–water partition coefficient (Wildman–Crippen LogP) is 2.13. The summed E-state index contributed by atoms with van der Waals surface area (Å²) in [6, 6.07) is 7.48. The summed E-state index contributed by atoms with van der Waals surface area (Å²) >= 11 is 0. The molecule has 2 heterocycles. The van der Waals surface area contributed by atoms with E-state index in [-0.39, 0.29) is 11.4 Å². The van der Waals surface area contributed by atoms with Gasteiger partial charge in [-0.3, -0.25) is 4.57 Å². The maximum absolute atomic E-state index is 11.5. The van der Waals surface area contributed by atoms with Crippen molar-refractivity contribution in [1.82, 2.24) is 19.7 Å². The molecule has 0 aliphatic carbocycles. The highest BCUT2D eigenvalue weighted by atomic mass is 16.4. The number of hydrogen-bond donors (Lipinski definition) is 1. The van der Waals surface area contributed by atoms with Crippen LogP contribution in [0.3, 0.4) is 0 Å². The lowest BCUT2D eigenvalue weighted by atomic mass is 10.1. The van der Waals surface area contributed by atoms with Crippen LogP contribution in [0.1, 0.15) is 21.6 Å². The molecule has 0 saturated carbocycles. The number of hydrogen-bond acceptors (Lipinski definition) is 4. The first kappa shape index (κ1) is 12.3. The SMILES string of the molecule is Cc1nnc(-n2cnc3ccccc32)c(C(=O)O)c1C. The molecule has 0 bridgehead atoms. The molecule has 0 saturated heterocycles. The third-order valence-corrected chi connectivity index (χ3v) is 3.33. The summed E-state index contributed by atoms with van der Waals surface area (Å²) in [5.74, 6) is -0.734. The zero-order valence-corrected chi connectivity index (χ0v) is 11.0. The van der Waals surface area contributed by atoms with Crippen molar-refractivity contribution in [3.63, 3.8) is 0 Å². The highest BCUT2D eigenvalue weighted by Crippen LogP contribution is 2.22. The Labute approximate surface area is 114 Å². The number of aromatic carboxylic acids is 1. The molecule has 0 aliphatic rings. The molecule has 3 aromatic rings. The van der Waals surface area contributed by atoms with E-state index in [9.17, 15) is 9.90 Å². The van der Waals surface area contributed by atoms with Crippen molar-refractivity contribution >= 4 is 17.0 Å². The molecule has 1 aromatic carbocycles. The normalized spacial score (nSPS) is 10.9. The van der Waals surface area contributed by atoms with Crippen molar-refractivity contribution < 1.29 is 9.90 Å². The number of rotatable bonds is 2. The zero-order valence-electron chi connectivity index (χ0n) is 11.0. The second-order valence-corrected chi connectivity index (χ2v) is 4.52. The van der Waals surface area contributed by atoms with Gasteiger partial charge in [0.05, 0.1) is 16.7 Å². The molecule has 0 atom stereocenters. The van der Waals surface area contributed by atoms with Crippen molar-refractivity contribution in [2.45, 2.75) is 13.8 Å². The number of carboxylic acid groups (broad SMARTS) is 1. The number of fused-ring (bicyclic) bond motifs is 1. The first-order chi connectivity index (χ1) is 9.59. The average Bonchev–Trinajstić information content (AvgIpc) is 2.85. The second kappa shape index (κ2) is 4.41. The Kier molecular flexibility index (Phi) is 2.71. The van der Waals surface area contributed by atoms with Crippen LogP contribution in [-0.2, 0) is 0 Å². The number of benzene rings is 1. The highest BCUT2D eigenvalue weighted by molar-refractivity contribution is 5.93. The lowest BCUT2D eigenvalue weighted by Gasteiger charge is -2.10. The van der Waals surface area contributed by atoms with E-state index in [4.69, 9.17) is 0 Å². The van der Waals surface area contributed by atoms with Crippen LogP contribution >= 0.6 is 0 Å². The van der Waals surface area contributed by atoms with E-state index >= 15 is 0 Å². The van der Waals surface area contributed by atoms with Gasteiger partial charge in [0, 0.05) is 0 Å². The van der Waals surface area contributed by atoms with Gasteiger partial charge >= 0.3 is 5.97 Å². The molecule has 0 spiro atoms. The van der Waals surface area contributed by atoms with Crippen LogP contribution in [0, 0.1) is 13.8 Å². The highest BCUT2D eigenvalue weighted by Gasteiger charge is 2.20. The van der Waals surface area contributed by atoms with E-state index in [1.165, 1.54) is 0 Å². The fourth-order valence-corrected chi connectivity index (χ4v) is 2.15. The topological polar surface area (TPSA) is 80.9 Å². The predicted molar refractivity (Wildman–Crippen MR) is 73.1 cm³/mol. The fraction of sp³-hybridized carbons (Fsp3) is 0.143. The first-order valence-electron chi connectivity index (χ1n) is 6.09. The molecule has 0 unspecified atom stereocenters. The summed E-state index contributed by atoms with van der Waals surface area (Å²) < 4.78 is 1.65. The molecule has 0 radical (unpaired) electrons. The first-order valence-corrected chi connectivity index (χ1v) is 6.09. The van der Waals surface area contributed by atoms with Gasteiger partial charge in [-0.15, -0.1) is 5.10 Å². The van der Waals surface area contributed by atoms with Gasteiger partial charge in [0.15, 0.2) is 5.82 Å². The number of imidazole rings is 1. The van der Waals surface area contributed by atoms with Crippen LogP contribution in [0.2, 0.25) is 0 Å². The maximum Gasteiger partial charge on any atom is 0.339 e. The largest absolute Gasteiger partial charge is 0.478 e. The van der Waals surface area contributed by atoms with Crippen LogP contribution in [-0.4, -0.2) is 30.8 Å². The third-order valence-electron chi connectivity index (χ3n) is 3.33. The molecular weight excluding hydrogens is 256 g/mol. The Morgan fingerprint density at radius 2 is 1.95 bits per heavy atom. The zero-order chi connectivity index (χ0) is 14.3. The molecule has 6 heteroatoms. The molecule has 20 heavy (non-hydrogen) atoms. The van der Waals surface area contributed by atoms with Gasteiger partial charge in [-0.05, 0) is 31.5 Å². The minimum absolute atomic E-state index is 0.153. The van der Waals surface area contributed by atoms with Gasteiger partial charge in [-0.1, -0.05) is 12.1 Å². The van der Waals surface area contributed by atoms with Crippen LogP contribution in [0.4, 0.5) is 0 Å². The third kappa shape index (κ3) is 1.73. The van der Waals surface area contributed by atoms with Crippen molar-refractivity contribution in [3.05, 3.63) is 47.4 Å². The minimum Gasteiger partial charge on any atom is -0.478 e. The van der Waals surface area contributed by atoms with Crippen molar-refractivity contribution in [2.24, 2.45) is 0 Å². The molecule has 6 nitrogen and oxygen atoms in total. The van der Waals surface area contributed by atoms with Crippen molar-refractivity contribution in [1.29, 1.82) is 0 Å². The van der Waals surface area contributed by atoms with Gasteiger partial charge in [0.2, 0.25) is 0 Å². The Hall–Kier alpha value is -2.76. The molecule has 2 aromatic heterocycles. The van der Waals surface area contributed by atoms with Crippen LogP contribution in [0.5, 0.6) is 0 Å². The molecular formula is C14H12N4O2. The molecule has 1 N–H and O–H groups in total. The van der Waals surface area contributed by atoms with E-state index < -0.39 is 5.97 Å². The van der Waals surface area contributed by atoms with Crippen LogP contribution in [0.15, 0.2) is 30.6 Å². The van der Waals surface area contributed by atoms with Gasteiger partial charge < -0.3 is 5.11 Å². The molecule has 0 fully saturated rings. The summed E-state index contributed by atoms with van der Waals surface area (Å²) in [6.07, 6.45) is 1.57. The summed E-state index contributed by atoms with van der Waals surface area (Å²) in [4.78, 5) is 15.8. The van der Waals surface area contributed by atoms with Gasteiger partial charge in [0.1, 0.15) is 11.9 Å². The van der Waals surface area contributed by atoms with Crippen molar-refractivity contribution in [3.8, 4) is 5.82 Å². The summed E-state index contributed by atoms with van der Waals surface area (Å²) in [5.41, 5.74) is 2.95. The minimum atomic E-state index is -1.02. The van der Waals surface area contributed by atoms with Crippen LogP contribution < -0.4 is 0 Å². The Balaban J connectivity index is 2.35. The Morgan fingerprint density at radius 1 is 1.20 bits per heavy atom. The molecule has 0 aliphatic heterocycles. The summed E-state index contributed by atoms with van der Waals surface area (Å²) in [6.45, 7) is 3.47. The lowest BCUT2D eigenvalue weighted by molar-refractivity contribution is 0.0695. The number of carbonyl (C=O) groups is 1. The molecule has 0 amide bonds. The monoisotopic (exact) mass is 268 g/mol. The summed E-state index contributed by atoms with van der Waals surface area (Å²) in [7, 11) is 0. The van der Waals surface area contributed by atoms with Crippen LogP contribution in [0.25, 0.3) is 16.9 Å². The number of carboxylic acids is 1. The second-order valence-electron chi connectivity index (χ2n) is 4.52. The number of aryl methyl sites for hydroxylation is 1. The molecule has 3 rings (SSSR count). The van der Waals surface area contributed by atoms with Gasteiger partial charge in [-0.2, -0.15) is 5.10 Å². The van der Waals surface area contributed by atoms with E-state index in [0.717, 1.165) is 11.0 Å². The number of aromatic nitrogens is 4. The Bertz CT molecular complexity index is 823. The Morgan fingerprint density at radius 3 is 2.70 bits per heavy atom. The molecule has 100 valence electrons. The van der Waals surface area contributed by atoms with E-state index in [1.54, 1.807) is 24.7 Å². The average molecular weight is 268 g/mol. The lowest BCUT2D eigenvalue weighted by Crippen LogP contribution is -2.12. The number of nitrogens with zero attached hydrogens (tertiary/aromatic N) is 4. The quantitative estimate of drug-likeness (QED) is 0.770. The van der Waals surface area contributed by atoms with Gasteiger partial charge in [-0.25, -0.2) is 9.78 Å². The number of para-hydroxylation sites is 2. The smallest absolute Gasteiger partial charge is 0.339 e.